The van der Waals surface area contributed by atoms with E-state index in [0.717, 1.165) is 23.6 Å². The molecule has 0 aromatic carbocycles. The van der Waals surface area contributed by atoms with Crippen molar-refractivity contribution in [1.82, 2.24) is 14.7 Å². The van der Waals surface area contributed by atoms with Crippen LogP contribution in [0, 0.1) is 6.92 Å². The maximum absolute atomic E-state index is 5.77. The van der Waals surface area contributed by atoms with Crippen molar-refractivity contribution >= 4 is 23.0 Å². The van der Waals surface area contributed by atoms with Crippen molar-refractivity contribution in [2.45, 2.75) is 25.8 Å². The van der Waals surface area contributed by atoms with E-state index >= 15 is 0 Å². The third-order valence-corrected chi connectivity index (χ3v) is 3.85. The van der Waals surface area contributed by atoms with Crippen molar-refractivity contribution in [2.24, 2.45) is 12.8 Å². The monoisotopic (exact) mass is 267 g/mol. The fraction of sp³-hybridized carbons (Fsp3) is 0.667. The van der Waals surface area contributed by atoms with Crippen LogP contribution in [0.2, 0.25) is 0 Å². The number of rotatable bonds is 4. The molecular formula is C12H21N5S. The number of likely N-dealkylation sites (N-methyl/N-ethyl adjacent to an activating group) is 1. The standard InChI is InChI=1S/C12H21N5S/c1-8-10(11(13)18)12(17(3)15-8)14-7-9-5-4-6-16(9)2/h9,14H,4-7H2,1-3H3,(H2,13,18). The molecule has 0 bridgehead atoms. The van der Waals surface area contributed by atoms with Crippen LogP contribution < -0.4 is 11.1 Å². The second kappa shape index (κ2) is 5.24. The second-order valence-electron chi connectivity index (χ2n) is 4.95. The number of nitrogens with one attached hydrogen (secondary N) is 1. The van der Waals surface area contributed by atoms with Crippen LogP contribution in [-0.2, 0) is 7.05 Å². The number of hydrogen-bond donors (Lipinski definition) is 2. The summed E-state index contributed by atoms with van der Waals surface area (Å²) in [7, 11) is 4.08. The molecule has 0 amide bonds. The molecule has 1 aromatic heterocycles. The predicted octanol–water partition coefficient (Wildman–Crippen LogP) is 0.869. The lowest BCUT2D eigenvalue weighted by molar-refractivity contribution is 0.322. The van der Waals surface area contributed by atoms with Crippen LogP contribution >= 0.6 is 12.2 Å². The maximum atomic E-state index is 5.77. The molecule has 0 spiro atoms. The summed E-state index contributed by atoms with van der Waals surface area (Å²) < 4.78 is 1.82. The molecular weight excluding hydrogens is 246 g/mol. The highest BCUT2D eigenvalue weighted by Gasteiger charge is 2.22. The molecule has 1 atom stereocenters. The average Bonchev–Trinajstić information content (AvgIpc) is 2.79. The summed E-state index contributed by atoms with van der Waals surface area (Å²) in [6, 6.07) is 0.583. The van der Waals surface area contributed by atoms with Crippen molar-refractivity contribution < 1.29 is 0 Å². The van der Waals surface area contributed by atoms with Gasteiger partial charge in [0.15, 0.2) is 0 Å². The van der Waals surface area contributed by atoms with E-state index in [1.165, 1.54) is 19.4 Å². The molecule has 1 fully saturated rings. The Morgan fingerprint density at radius 3 is 2.83 bits per heavy atom. The van der Waals surface area contributed by atoms with Crippen LogP contribution in [-0.4, -0.2) is 45.8 Å². The third kappa shape index (κ3) is 2.49. The molecule has 0 radical (unpaired) electrons. The Morgan fingerprint density at radius 1 is 1.56 bits per heavy atom. The number of hydrogen-bond acceptors (Lipinski definition) is 4. The van der Waals surface area contributed by atoms with Crippen LogP contribution in [0.3, 0.4) is 0 Å². The molecule has 2 heterocycles. The Labute approximate surface area is 113 Å². The Hall–Kier alpha value is -1.14. The van der Waals surface area contributed by atoms with Gasteiger partial charge in [-0.3, -0.25) is 4.68 Å². The SMILES string of the molecule is Cc1nn(C)c(NCC2CCCN2C)c1C(N)=S. The van der Waals surface area contributed by atoms with E-state index in [2.05, 4.69) is 22.4 Å². The van der Waals surface area contributed by atoms with E-state index in [1.807, 2.05) is 18.7 Å². The van der Waals surface area contributed by atoms with Gasteiger partial charge in [0, 0.05) is 19.6 Å². The topological polar surface area (TPSA) is 59.1 Å². The van der Waals surface area contributed by atoms with Gasteiger partial charge in [0.25, 0.3) is 0 Å². The minimum Gasteiger partial charge on any atom is -0.389 e. The molecule has 1 aliphatic rings. The van der Waals surface area contributed by atoms with E-state index in [0.29, 0.717) is 11.0 Å². The molecule has 1 saturated heterocycles. The first kappa shape index (κ1) is 13.3. The average molecular weight is 267 g/mol. The largest absolute Gasteiger partial charge is 0.389 e. The van der Waals surface area contributed by atoms with E-state index < -0.39 is 0 Å². The minimum absolute atomic E-state index is 0.405. The molecule has 0 aliphatic carbocycles. The van der Waals surface area contributed by atoms with Crippen molar-refractivity contribution in [2.75, 3.05) is 25.5 Å². The van der Waals surface area contributed by atoms with Crippen molar-refractivity contribution in [3.63, 3.8) is 0 Å². The Bertz CT molecular complexity index is 454. The van der Waals surface area contributed by atoms with E-state index in [-0.39, 0.29) is 0 Å². The smallest absolute Gasteiger partial charge is 0.134 e. The number of likely N-dealkylation sites (tertiary alicyclic amines) is 1. The molecule has 100 valence electrons. The Morgan fingerprint density at radius 2 is 2.28 bits per heavy atom. The Balaban J connectivity index is 2.11. The normalized spacial score (nSPS) is 20.3. The van der Waals surface area contributed by atoms with Crippen LogP contribution in [0.4, 0.5) is 5.82 Å². The summed E-state index contributed by atoms with van der Waals surface area (Å²) in [4.78, 5) is 2.79. The number of nitrogens with zero attached hydrogens (tertiary/aromatic N) is 3. The zero-order chi connectivity index (χ0) is 13.3. The van der Waals surface area contributed by atoms with Gasteiger partial charge in [0.05, 0.1) is 11.3 Å². The third-order valence-electron chi connectivity index (χ3n) is 3.65. The summed E-state index contributed by atoms with van der Waals surface area (Å²) in [5.74, 6) is 0.931. The molecule has 6 heteroatoms. The van der Waals surface area contributed by atoms with E-state index in [9.17, 15) is 0 Å². The summed E-state index contributed by atoms with van der Waals surface area (Å²) in [6.45, 7) is 4.02. The van der Waals surface area contributed by atoms with Gasteiger partial charge < -0.3 is 16.0 Å². The Kier molecular flexibility index (Phi) is 3.87. The molecule has 1 aromatic rings. The van der Waals surface area contributed by atoms with Gasteiger partial charge in [-0.15, -0.1) is 0 Å². The number of aryl methyl sites for hydroxylation is 2. The van der Waals surface area contributed by atoms with Gasteiger partial charge in [0.2, 0.25) is 0 Å². The van der Waals surface area contributed by atoms with Gasteiger partial charge in [-0.05, 0) is 33.4 Å². The maximum Gasteiger partial charge on any atom is 0.134 e. The van der Waals surface area contributed by atoms with Gasteiger partial charge in [0.1, 0.15) is 10.8 Å². The van der Waals surface area contributed by atoms with E-state index in [4.69, 9.17) is 18.0 Å². The molecule has 5 nitrogen and oxygen atoms in total. The zero-order valence-electron chi connectivity index (χ0n) is 11.2. The number of aromatic nitrogens is 2. The molecule has 0 saturated carbocycles. The molecule has 3 N–H and O–H groups in total. The van der Waals surface area contributed by atoms with Gasteiger partial charge in [-0.1, -0.05) is 12.2 Å². The van der Waals surface area contributed by atoms with E-state index in [1.54, 1.807) is 0 Å². The fourth-order valence-corrected chi connectivity index (χ4v) is 2.85. The first-order valence-corrected chi connectivity index (χ1v) is 6.69. The highest BCUT2D eigenvalue weighted by Crippen LogP contribution is 2.20. The number of thiocarbonyl (C=S) groups is 1. The minimum atomic E-state index is 0.405. The fourth-order valence-electron chi connectivity index (χ4n) is 2.61. The van der Waals surface area contributed by atoms with Crippen molar-refractivity contribution in [3.8, 4) is 0 Å². The molecule has 18 heavy (non-hydrogen) atoms. The lowest BCUT2D eigenvalue weighted by Crippen LogP contribution is -2.32. The molecule has 2 rings (SSSR count). The quantitative estimate of drug-likeness (QED) is 0.793. The summed E-state index contributed by atoms with van der Waals surface area (Å²) in [5, 5.41) is 7.82. The molecule has 1 aliphatic heterocycles. The second-order valence-corrected chi connectivity index (χ2v) is 5.39. The predicted molar refractivity (Wildman–Crippen MR) is 78.0 cm³/mol. The first-order valence-electron chi connectivity index (χ1n) is 6.28. The summed E-state index contributed by atoms with van der Waals surface area (Å²) >= 11 is 5.10. The van der Waals surface area contributed by atoms with Crippen LogP contribution in [0.5, 0.6) is 0 Å². The number of nitrogens with two attached hydrogens (primary N) is 1. The number of anilines is 1. The van der Waals surface area contributed by atoms with Gasteiger partial charge >= 0.3 is 0 Å². The zero-order valence-corrected chi connectivity index (χ0v) is 12.0. The lowest BCUT2D eigenvalue weighted by Gasteiger charge is -2.20. The highest BCUT2D eigenvalue weighted by molar-refractivity contribution is 7.80. The molecule has 1 unspecified atom stereocenters. The van der Waals surface area contributed by atoms with Crippen molar-refractivity contribution in [3.05, 3.63) is 11.3 Å². The summed E-state index contributed by atoms with van der Waals surface area (Å²) in [5.41, 5.74) is 7.52. The van der Waals surface area contributed by atoms with Crippen LogP contribution in [0.15, 0.2) is 0 Å². The van der Waals surface area contributed by atoms with Gasteiger partial charge in [-0.2, -0.15) is 5.10 Å². The summed E-state index contributed by atoms with van der Waals surface area (Å²) in [6.07, 6.45) is 2.51. The van der Waals surface area contributed by atoms with Gasteiger partial charge in [-0.25, -0.2) is 0 Å². The van der Waals surface area contributed by atoms with Crippen LogP contribution in [0.1, 0.15) is 24.1 Å². The first-order chi connectivity index (χ1) is 8.50. The lowest BCUT2D eigenvalue weighted by atomic mass is 10.2. The van der Waals surface area contributed by atoms with Crippen LogP contribution in [0.25, 0.3) is 0 Å². The van der Waals surface area contributed by atoms with Crippen molar-refractivity contribution in [1.29, 1.82) is 0 Å². The highest BCUT2D eigenvalue weighted by atomic mass is 32.1.